The van der Waals surface area contributed by atoms with Crippen LogP contribution < -0.4 is 15.7 Å². The van der Waals surface area contributed by atoms with Crippen molar-refractivity contribution in [2.75, 3.05) is 0 Å². The molecule has 1 aromatic heterocycles. The van der Waals surface area contributed by atoms with Crippen LogP contribution in [0.2, 0.25) is 0 Å². The Labute approximate surface area is 170 Å². The summed E-state index contributed by atoms with van der Waals surface area (Å²) >= 11 is 0. The Hall–Kier alpha value is -2.83. The van der Waals surface area contributed by atoms with Crippen molar-refractivity contribution in [2.24, 2.45) is 0 Å². The molecule has 29 heavy (non-hydrogen) atoms. The molecule has 1 amide bonds. The zero-order valence-corrected chi connectivity index (χ0v) is 17.9. The van der Waals surface area contributed by atoms with E-state index in [0.717, 1.165) is 24.0 Å². The minimum atomic E-state index is -0.921. The van der Waals surface area contributed by atoms with Crippen LogP contribution in [0.5, 0.6) is 5.75 Å². The maximum atomic E-state index is 12.6. The molecule has 0 radical (unpaired) electrons. The summed E-state index contributed by atoms with van der Waals surface area (Å²) in [5, 5.41) is 3.07. The first kappa shape index (κ1) is 22.5. The molecule has 1 atom stereocenters. The van der Waals surface area contributed by atoms with Gasteiger partial charge in [-0.1, -0.05) is 13.3 Å². The quantitative estimate of drug-likeness (QED) is 0.440. The van der Waals surface area contributed by atoms with Gasteiger partial charge in [-0.15, -0.1) is 0 Å². The van der Waals surface area contributed by atoms with Gasteiger partial charge in [-0.2, -0.15) is 0 Å². The van der Waals surface area contributed by atoms with Crippen molar-refractivity contribution in [3.8, 4) is 5.75 Å². The number of unbranched alkanes of at least 4 members (excludes halogenated alkanes) is 1. The number of carbonyl (C=O) groups is 2. The molecule has 1 heterocycles. The lowest BCUT2D eigenvalue weighted by Gasteiger charge is -2.21. The number of hydrogen-bond donors (Lipinski definition) is 1. The van der Waals surface area contributed by atoms with Crippen molar-refractivity contribution in [2.45, 2.75) is 72.4 Å². The fourth-order valence-corrected chi connectivity index (χ4v) is 2.86. The Kier molecular flexibility index (Phi) is 7.06. The lowest BCUT2D eigenvalue weighted by molar-refractivity contribution is -0.136. The molecule has 0 saturated heterocycles. The molecule has 1 aromatic carbocycles. The second kappa shape index (κ2) is 9.11. The molecule has 7 nitrogen and oxygen atoms in total. The van der Waals surface area contributed by atoms with Crippen LogP contribution in [-0.4, -0.2) is 23.7 Å². The predicted molar refractivity (Wildman–Crippen MR) is 110 cm³/mol. The van der Waals surface area contributed by atoms with Gasteiger partial charge in [0.05, 0.1) is 5.39 Å². The van der Waals surface area contributed by atoms with Gasteiger partial charge in [0.2, 0.25) is 0 Å². The molecule has 2 rings (SSSR count). The monoisotopic (exact) mass is 403 g/mol. The summed E-state index contributed by atoms with van der Waals surface area (Å²) in [6, 6.07) is 3.98. The van der Waals surface area contributed by atoms with E-state index in [-0.39, 0.29) is 0 Å². The Morgan fingerprint density at radius 3 is 2.52 bits per heavy atom. The van der Waals surface area contributed by atoms with Crippen LogP contribution in [-0.2, 0) is 16.0 Å². The second-order valence-electron chi connectivity index (χ2n) is 8.12. The number of benzene rings is 1. The number of carbonyl (C=O) groups excluding carboxylic acids is 2. The number of aryl methyl sites for hydroxylation is 2. The normalized spacial score (nSPS) is 12.5. The van der Waals surface area contributed by atoms with E-state index in [4.69, 9.17) is 13.9 Å². The van der Waals surface area contributed by atoms with Gasteiger partial charge < -0.3 is 19.2 Å². The molecule has 0 saturated carbocycles. The summed E-state index contributed by atoms with van der Waals surface area (Å²) in [6.07, 6.45) is 1.80. The van der Waals surface area contributed by atoms with E-state index in [1.165, 1.54) is 13.0 Å². The number of amides is 1. The number of esters is 1. The molecule has 0 bridgehead atoms. The van der Waals surface area contributed by atoms with Crippen molar-refractivity contribution in [3.05, 3.63) is 39.7 Å². The van der Waals surface area contributed by atoms with E-state index in [2.05, 4.69) is 12.2 Å². The van der Waals surface area contributed by atoms with E-state index in [1.54, 1.807) is 32.9 Å². The number of fused-ring (bicyclic) bond motifs is 1. The largest absolute Gasteiger partial charge is 0.444 e. The summed E-state index contributed by atoms with van der Waals surface area (Å²) in [5.41, 5.74) is 0.815. The molecule has 0 aliphatic heterocycles. The fraction of sp³-hybridized carbons (Fsp3) is 0.500. The van der Waals surface area contributed by atoms with Crippen LogP contribution in [0.15, 0.2) is 27.4 Å². The van der Waals surface area contributed by atoms with Crippen LogP contribution >= 0.6 is 0 Å². The number of rotatable bonds is 6. The summed E-state index contributed by atoms with van der Waals surface area (Å²) in [5.74, 6) is -0.340. The van der Waals surface area contributed by atoms with Gasteiger partial charge in [-0.05, 0) is 70.7 Å². The molecule has 1 unspecified atom stereocenters. The lowest BCUT2D eigenvalue weighted by atomic mass is 10.0. The van der Waals surface area contributed by atoms with Crippen LogP contribution in [0.25, 0.3) is 11.0 Å². The number of ether oxygens (including phenoxy) is 2. The van der Waals surface area contributed by atoms with Gasteiger partial charge >= 0.3 is 17.7 Å². The molecule has 2 aromatic rings. The average molecular weight is 403 g/mol. The van der Waals surface area contributed by atoms with Gasteiger partial charge in [0.1, 0.15) is 23.0 Å². The average Bonchev–Trinajstić information content (AvgIpc) is 2.56. The number of alkyl carbamates (subject to hydrolysis) is 1. The molecular formula is C22H29NO6. The third-order valence-electron chi connectivity index (χ3n) is 4.13. The van der Waals surface area contributed by atoms with Gasteiger partial charge in [0.25, 0.3) is 0 Å². The van der Waals surface area contributed by atoms with Crippen LogP contribution in [0.4, 0.5) is 4.79 Å². The highest BCUT2D eigenvalue weighted by atomic mass is 16.6. The molecule has 1 N–H and O–H groups in total. The molecule has 158 valence electrons. The van der Waals surface area contributed by atoms with Gasteiger partial charge in [-0.3, -0.25) is 0 Å². The summed E-state index contributed by atoms with van der Waals surface area (Å²) < 4.78 is 16.1. The van der Waals surface area contributed by atoms with Crippen LogP contribution in [0.3, 0.4) is 0 Å². The molecular weight excluding hydrogens is 374 g/mol. The fourth-order valence-electron chi connectivity index (χ4n) is 2.86. The van der Waals surface area contributed by atoms with Crippen molar-refractivity contribution in [1.82, 2.24) is 5.32 Å². The third-order valence-corrected chi connectivity index (χ3v) is 4.13. The first-order valence-electron chi connectivity index (χ1n) is 9.78. The summed E-state index contributed by atoms with van der Waals surface area (Å²) in [7, 11) is 0. The highest BCUT2D eigenvalue weighted by Crippen LogP contribution is 2.31. The third kappa shape index (κ3) is 6.34. The molecule has 0 aliphatic rings. The Bertz CT molecular complexity index is 954. The maximum absolute atomic E-state index is 12.6. The molecule has 0 spiro atoms. The highest BCUT2D eigenvalue weighted by Gasteiger charge is 2.23. The topological polar surface area (TPSA) is 94.8 Å². The Morgan fingerprint density at radius 2 is 1.90 bits per heavy atom. The minimum Gasteiger partial charge on any atom is -0.444 e. The van der Waals surface area contributed by atoms with Crippen molar-refractivity contribution in [1.29, 1.82) is 0 Å². The van der Waals surface area contributed by atoms with Gasteiger partial charge in [-0.25, -0.2) is 14.4 Å². The minimum absolute atomic E-state index is 0.303. The second-order valence-corrected chi connectivity index (χ2v) is 8.12. The zero-order valence-electron chi connectivity index (χ0n) is 17.9. The van der Waals surface area contributed by atoms with Crippen molar-refractivity contribution in [3.63, 3.8) is 0 Å². The van der Waals surface area contributed by atoms with E-state index in [9.17, 15) is 14.4 Å². The maximum Gasteiger partial charge on any atom is 0.408 e. The van der Waals surface area contributed by atoms with E-state index < -0.39 is 29.3 Å². The number of hydrogen-bond acceptors (Lipinski definition) is 6. The summed E-state index contributed by atoms with van der Waals surface area (Å²) in [6.45, 7) is 10.6. The highest BCUT2D eigenvalue weighted by molar-refractivity contribution is 5.91. The van der Waals surface area contributed by atoms with Crippen LogP contribution in [0, 0.1) is 6.92 Å². The van der Waals surface area contributed by atoms with E-state index in [0.29, 0.717) is 23.1 Å². The Morgan fingerprint density at radius 1 is 1.21 bits per heavy atom. The van der Waals surface area contributed by atoms with Gasteiger partial charge in [0, 0.05) is 6.07 Å². The molecule has 0 aliphatic carbocycles. The predicted octanol–water partition coefficient (Wildman–Crippen LogP) is 4.26. The smallest absolute Gasteiger partial charge is 0.408 e. The van der Waals surface area contributed by atoms with Crippen molar-refractivity contribution < 1.29 is 23.5 Å². The molecule has 0 fully saturated rings. The zero-order chi connectivity index (χ0) is 21.8. The first-order chi connectivity index (χ1) is 13.5. The van der Waals surface area contributed by atoms with E-state index >= 15 is 0 Å². The lowest BCUT2D eigenvalue weighted by Crippen LogP contribution is -2.43. The first-order valence-corrected chi connectivity index (χ1v) is 9.78. The van der Waals surface area contributed by atoms with E-state index in [1.807, 2.05) is 6.92 Å². The Balaban J connectivity index is 2.31. The SMILES string of the molecule is CCCCc1cc(=O)oc2cc(C)cc(OC(=O)C(C)NC(=O)OC(C)(C)C)c12. The molecule has 7 heteroatoms. The standard InChI is InChI=1S/C22H29NO6/c1-7-8-9-15-12-18(24)27-16-10-13(2)11-17(19(15)16)28-20(25)14(3)23-21(26)29-22(4,5)6/h10-12,14H,7-9H2,1-6H3,(H,23,26). The summed E-state index contributed by atoms with van der Waals surface area (Å²) in [4.78, 5) is 36.4. The van der Waals surface area contributed by atoms with Gasteiger partial charge in [0.15, 0.2) is 0 Å². The van der Waals surface area contributed by atoms with Crippen molar-refractivity contribution >= 4 is 23.0 Å². The van der Waals surface area contributed by atoms with Crippen LogP contribution in [0.1, 0.15) is 58.6 Å². The number of nitrogens with one attached hydrogen (secondary N) is 1.